The van der Waals surface area contributed by atoms with Gasteiger partial charge in [-0.2, -0.15) is 0 Å². The van der Waals surface area contributed by atoms with E-state index in [0.717, 1.165) is 30.5 Å². The highest BCUT2D eigenvalue weighted by molar-refractivity contribution is 5.78. The van der Waals surface area contributed by atoms with E-state index in [1.54, 1.807) is 6.20 Å². The molecule has 0 aromatic carbocycles. The van der Waals surface area contributed by atoms with Gasteiger partial charge in [0.05, 0.1) is 6.42 Å². The van der Waals surface area contributed by atoms with Crippen molar-refractivity contribution < 1.29 is 14.7 Å². The molecule has 0 unspecified atom stereocenters. The average Bonchev–Trinajstić information content (AvgIpc) is 2.40. The highest BCUT2D eigenvalue weighted by Gasteiger charge is 2.03. The second-order valence-electron chi connectivity index (χ2n) is 4.89. The Labute approximate surface area is 119 Å². The Bertz CT molecular complexity index is 429. The van der Waals surface area contributed by atoms with Crippen LogP contribution in [-0.4, -0.2) is 28.5 Å². The summed E-state index contributed by atoms with van der Waals surface area (Å²) in [7, 11) is 0. The molecule has 0 atom stereocenters. The number of carbonyl (C=O) groups is 2. The monoisotopic (exact) mass is 278 g/mol. The molecule has 0 aliphatic rings. The third kappa shape index (κ3) is 7.51. The molecule has 0 radical (unpaired) electrons. The summed E-state index contributed by atoms with van der Waals surface area (Å²) in [6, 6.07) is 3.80. The van der Waals surface area contributed by atoms with Crippen LogP contribution in [0.1, 0.15) is 43.4 Å². The lowest BCUT2D eigenvalue weighted by atomic mass is 10.1. The third-order valence-electron chi connectivity index (χ3n) is 2.98. The molecule has 1 rings (SSSR count). The first-order chi connectivity index (χ1) is 9.58. The number of hydrogen-bond donors (Lipinski definition) is 2. The maximum atomic E-state index is 11.7. The van der Waals surface area contributed by atoms with Crippen LogP contribution in [0.5, 0.6) is 0 Å². The predicted octanol–water partition coefficient (Wildman–Crippen LogP) is 2.08. The summed E-state index contributed by atoms with van der Waals surface area (Å²) < 4.78 is 0. The van der Waals surface area contributed by atoms with Crippen molar-refractivity contribution in [3.8, 4) is 0 Å². The first-order valence-electron chi connectivity index (χ1n) is 6.98. The number of nitrogens with one attached hydrogen (secondary N) is 1. The molecular weight excluding hydrogens is 256 g/mol. The Morgan fingerprint density at radius 3 is 2.60 bits per heavy atom. The van der Waals surface area contributed by atoms with Gasteiger partial charge in [-0.3, -0.25) is 14.6 Å². The molecule has 1 aromatic heterocycles. The van der Waals surface area contributed by atoms with Crippen molar-refractivity contribution in [2.45, 2.75) is 45.4 Å². The van der Waals surface area contributed by atoms with Crippen LogP contribution in [0.2, 0.25) is 0 Å². The summed E-state index contributed by atoms with van der Waals surface area (Å²) in [6.07, 6.45) is 5.74. The molecule has 2 N–H and O–H groups in total. The smallest absolute Gasteiger partial charge is 0.303 e. The molecule has 0 aliphatic heterocycles. The fourth-order valence-corrected chi connectivity index (χ4v) is 1.83. The SMILES string of the molecule is Cc1ccc(CC(=O)NCCCCCCC(=O)O)cn1. The standard InChI is InChI=1S/C15H22N2O3/c1-12-7-8-13(11-17-12)10-14(18)16-9-5-3-2-4-6-15(19)20/h7-8,11H,2-6,9-10H2,1H3,(H,16,18)(H,19,20). The predicted molar refractivity (Wildman–Crippen MR) is 76.4 cm³/mol. The second-order valence-corrected chi connectivity index (χ2v) is 4.89. The van der Waals surface area contributed by atoms with Gasteiger partial charge in [-0.15, -0.1) is 0 Å². The van der Waals surface area contributed by atoms with Crippen LogP contribution in [0.15, 0.2) is 18.3 Å². The zero-order valence-corrected chi connectivity index (χ0v) is 11.9. The molecule has 0 saturated carbocycles. The van der Waals surface area contributed by atoms with Crippen molar-refractivity contribution in [3.05, 3.63) is 29.6 Å². The molecule has 0 fully saturated rings. The summed E-state index contributed by atoms with van der Waals surface area (Å²) >= 11 is 0. The van der Waals surface area contributed by atoms with Crippen LogP contribution in [0, 0.1) is 6.92 Å². The van der Waals surface area contributed by atoms with Crippen LogP contribution in [0.4, 0.5) is 0 Å². The van der Waals surface area contributed by atoms with Crippen LogP contribution in [0.3, 0.4) is 0 Å². The first kappa shape index (κ1) is 16.1. The number of amides is 1. The molecule has 1 amide bonds. The van der Waals surface area contributed by atoms with Gasteiger partial charge in [0.25, 0.3) is 0 Å². The normalized spacial score (nSPS) is 10.2. The van der Waals surface area contributed by atoms with Gasteiger partial charge < -0.3 is 10.4 Å². The van der Waals surface area contributed by atoms with E-state index < -0.39 is 5.97 Å². The van der Waals surface area contributed by atoms with Gasteiger partial charge in [0, 0.05) is 24.9 Å². The summed E-state index contributed by atoms with van der Waals surface area (Å²) in [5.41, 5.74) is 1.85. The van der Waals surface area contributed by atoms with Gasteiger partial charge >= 0.3 is 5.97 Å². The highest BCUT2D eigenvalue weighted by Crippen LogP contribution is 2.03. The van der Waals surface area contributed by atoms with Crippen LogP contribution in [0.25, 0.3) is 0 Å². The van der Waals surface area contributed by atoms with Crippen LogP contribution < -0.4 is 5.32 Å². The maximum Gasteiger partial charge on any atom is 0.303 e. The van der Waals surface area contributed by atoms with Gasteiger partial charge in [0.1, 0.15) is 0 Å². The Balaban J connectivity index is 2.05. The van der Waals surface area contributed by atoms with Gasteiger partial charge in [-0.1, -0.05) is 18.9 Å². The van der Waals surface area contributed by atoms with Crippen molar-refractivity contribution in [1.82, 2.24) is 10.3 Å². The molecule has 1 aromatic rings. The number of rotatable bonds is 9. The van der Waals surface area contributed by atoms with E-state index in [1.165, 1.54) is 0 Å². The van der Waals surface area contributed by atoms with Gasteiger partial charge in [-0.05, 0) is 31.4 Å². The quantitative estimate of drug-likeness (QED) is 0.678. The minimum atomic E-state index is -0.745. The largest absolute Gasteiger partial charge is 0.481 e. The molecular formula is C15H22N2O3. The van der Waals surface area contributed by atoms with E-state index in [0.29, 0.717) is 19.4 Å². The van der Waals surface area contributed by atoms with E-state index in [9.17, 15) is 9.59 Å². The number of carboxylic acids is 1. The molecule has 110 valence electrons. The molecule has 0 bridgehead atoms. The molecule has 1 heterocycles. The number of nitrogens with zero attached hydrogens (tertiary/aromatic N) is 1. The first-order valence-corrected chi connectivity index (χ1v) is 6.98. The Kier molecular flexibility index (Phi) is 7.32. The summed E-state index contributed by atoms with van der Waals surface area (Å²) in [5, 5.41) is 11.3. The Morgan fingerprint density at radius 2 is 1.95 bits per heavy atom. The fourth-order valence-electron chi connectivity index (χ4n) is 1.83. The van der Waals surface area contributed by atoms with Gasteiger partial charge in [0.15, 0.2) is 0 Å². The van der Waals surface area contributed by atoms with Crippen molar-refractivity contribution in [2.24, 2.45) is 0 Å². The number of pyridine rings is 1. The molecule has 20 heavy (non-hydrogen) atoms. The summed E-state index contributed by atoms with van der Waals surface area (Å²) in [6.45, 7) is 2.55. The van der Waals surface area contributed by atoms with Crippen molar-refractivity contribution in [2.75, 3.05) is 6.54 Å². The number of hydrogen-bond acceptors (Lipinski definition) is 3. The van der Waals surface area contributed by atoms with Crippen LogP contribution in [-0.2, 0) is 16.0 Å². The molecule has 5 heteroatoms. The fraction of sp³-hybridized carbons (Fsp3) is 0.533. The number of aliphatic carboxylic acids is 1. The number of unbranched alkanes of at least 4 members (excludes halogenated alkanes) is 3. The zero-order chi connectivity index (χ0) is 14.8. The molecule has 0 saturated heterocycles. The number of carboxylic acid groups (broad SMARTS) is 1. The van der Waals surface area contributed by atoms with Crippen molar-refractivity contribution in [1.29, 1.82) is 0 Å². The zero-order valence-electron chi connectivity index (χ0n) is 11.9. The van der Waals surface area contributed by atoms with E-state index in [2.05, 4.69) is 10.3 Å². The van der Waals surface area contributed by atoms with Gasteiger partial charge in [0.2, 0.25) is 5.91 Å². The molecule has 5 nitrogen and oxygen atoms in total. The lowest BCUT2D eigenvalue weighted by molar-refractivity contribution is -0.137. The van der Waals surface area contributed by atoms with Crippen molar-refractivity contribution >= 4 is 11.9 Å². The topological polar surface area (TPSA) is 79.3 Å². The molecule has 0 spiro atoms. The Hall–Kier alpha value is -1.91. The molecule has 0 aliphatic carbocycles. The lowest BCUT2D eigenvalue weighted by Gasteiger charge is -2.05. The minimum Gasteiger partial charge on any atom is -0.481 e. The van der Waals surface area contributed by atoms with E-state index in [4.69, 9.17) is 5.11 Å². The van der Waals surface area contributed by atoms with E-state index in [1.807, 2.05) is 19.1 Å². The minimum absolute atomic E-state index is 0.00110. The third-order valence-corrected chi connectivity index (χ3v) is 2.98. The summed E-state index contributed by atoms with van der Waals surface area (Å²) in [5.74, 6) is -0.744. The average molecular weight is 278 g/mol. The van der Waals surface area contributed by atoms with Gasteiger partial charge in [-0.25, -0.2) is 0 Å². The second kappa shape index (κ2) is 9.07. The number of carbonyl (C=O) groups excluding carboxylic acids is 1. The maximum absolute atomic E-state index is 11.7. The number of aryl methyl sites for hydroxylation is 1. The lowest BCUT2D eigenvalue weighted by Crippen LogP contribution is -2.26. The van der Waals surface area contributed by atoms with Crippen LogP contribution >= 0.6 is 0 Å². The highest BCUT2D eigenvalue weighted by atomic mass is 16.4. The van der Waals surface area contributed by atoms with E-state index in [-0.39, 0.29) is 12.3 Å². The Morgan fingerprint density at radius 1 is 1.20 bits per heavy atom. The van der Waals surface area contributed by atoms with E-state index >= 15 is 0 Å². The van der Waals surface area contributed by atoms with Crippen molar-refractivity contribution in [3.63, 3.8) is 0 Å². The number of aromatic nitrogens is 1. The summed E-state index contributed by atoms with van der Waals surface area (Å²) in [4.78, 5) is 26.1.